The summed E-state index contributed by atoms with van der Waals surface area (Å²) in [7, 11) is 0. The van der Waals surface area contributed by atoms with Crippen LogP contribution in [0.2, 0.25) is 0 Å². The quantitative estimate of drug-likeness (QED) is 0.259. The molecule has 2 atom stereocenters. The number of carbonyl (C=O) groups is 1. The minimum atomic E-state index is -0.327. The van der Waals surface area contributed by atoms with Crippen LogP contribution in [0.5, 0.6) is 0 Å². The van der Waals surface area contributed by atoms with Crippen LogP contribution in [0.4, 0.5) is 0 Å². The smallest absolute Gasteiger partial charge is 0.305 e. The van der Waals surface area contributed by atoms with Crippen LogP contribution < -0.4 is 0 Å². The predicted octanol–water partition coefficient (Wildman–Crippen LogP) is 6.03. The summed E-state index contributed by atoms with van der Waals surface area (Å²) in [5.74, 6) is 0.0162. The Morgan fingerprint density at radius 1 is 0.792 bits per heavy atom. The highest BCUT2D eigenvalue weighted by atomic mass is 16.5. The summed E-state index contributed by atoms with van der Waals surface area (Å²) in [6.07, 6.45) is 14.6. The van der Waals surface area contributed by atoms with Gasteiger partial charge in [0.05, 0.1) is 12.7 Å². The molecule has 144 valence electrons. The van der Waals surface area contributed by atoms with Crippen molar-refractivity contribution in [3.8, 4) is 0 Å². The number of aliphatic hydroxyl groups excluding tert-OH is 1. The molecule has 0 aliphatic rings. The molecule has 0 unspecified atom stereocenters. The first kappa shape index (κ1) is 23.4. The summed E-state index contributed by atoms with van der Waals surface area (Å²) in [5, 5.41) is 10.5. The average molecular weight is 343 g/mol. The van der Waals surface area contributed by atoms with Crippen molar-refractivity contribution in [2.45, 2.75) is 117 Å². The minimum absolute atomic E-state index is 0.0928. The lowest BCUT2D eigenvalue weighted by atomic mass is 9.92. The number of esters is 1. The number of hydrogen-bond donors (Lipinski definition) is 1. The van der Waals surface area contributed by atoms with Gasteiger partial charge in [-0.3, -0.25) is 4.79 Å². The molecule has 0 bridgehead atoms. The van der Waals surface area contributed by atoms with E-state index in [-0.39, 0.29) is 18.0 Å². The van der Waals surface area contributed by atoms with Crippen LogP contribution in [0.3, 0.4) is 0 Å². The van der Waals surface area contributed by atoms with Crippen molar-refractivity contribution in [2.24, 2.45) is 5.92 Å². The van der Waals surface area contributed by atoms with E-state index in [4.69, 9.17) is 4.74 Å². The molecule has 24 heavy (non-hydrogen) atoms. The lowest BCUT2D eigenvalue weighted by Gasteiger charge is -2.23. The van der Waals surface area contributed by atoms with Crippen LogP contribution in [-0.2, 0) is 9.53 Å². The number of carbonyl (C=O) groups excluding carboxylic acids is 1. The zero-order chi connectivity index (χ0) is 18.0. The molecule has 0 aromatic rings. The van der Waals surface area contributed by atoms with Crippen LogP contribution in [0, 0.1) is 5.92 Å². The molecule has 3 heteroatoms. The summed E-state index contributed by atoms with van der Waals surface area (Å²) in [6, 6.07) is 0. The van der Waals surface area contributed by atoms with Gasteiger partial charge in [-0.1, -0.05) is 85.0 Å². The van der Waals surface area contributed by atoms with Crippen LogP contribution in [0.25, 0.3) is 0 Å². The van der Waals surface area contributed by atoms with Gasteiger partial charge in [-0.05, 0) is 19.3 Å². The third-order valence-electron chi connectivity index (χ3n) is 4.77. The maximum atomic E-state index is 11.9. The van der Waals surface area contributed by atoms with Gasteiger partial charge in [0.2, 0.25) is 0 Å². The molecule has 0 radical (unpaired) electrons. The Bertz CT molecular complexity index is 278. The van der Waals surface area contributed by atoms with E-state index in [0.29, 0.717) is 13.0 Å². The summed E-state index contributed by atoms with van der Waals surface area (Å²) < 4.78 is 5.46. The van der Waals surface area contributed by atoms with Gasteiger partial charge in [0.25, 0.3) is 0 Å². The first-order valence-corrected chi connectivity index (χ1v) is 10.5. The van der Waals surface area contributed by atoms with Crippen molar-refractivity contribution in [3.05, 3.63) is 0 Å². The third kappa shape index (κ3) is 13.8. The van der Waals surface area contributed by atoms with Gasteiger partial charge in [0.15, 0.2) is 0 Å². The number of rotatable bonds is 17. The Morgan fingerprint density at radius 2 is 1.33 bits per heavy atom. The van der Waals surface area contributed by atoms with E-state index >= 15 is 0 Å². The number of aliphatic hydroxyl groups is 1. The summed E-state index contributed by atoms with van der Waals surface area (Å²) in [5.41, 5.74) is 0. The number of hydrogen-bond acceptors (Lipinski definition) is 3. The fourth-order valence-corrected chi connectivity index (χ4v) is 3.03. The predicted molar refractivity (Wildman–Crippen MR) is 102 cm³/mol. The van der Waals surface area contributed by atoms with E-state index in [1.807, 2.05) is 0 Å². The second kappa shape index (κ2) is 17.3. The van der Waals surface area contributed by atoms with Crippen LogP contribution in [0.1, 0.15) is 111 Å². The van der Waals surface area contributed by atoms with E-state index in [1.165, 1.54) is 44.9 Å². The van der Waals surface area contributed by atoms with E-state index < -0.39 is 0 Å². The van der Waals surface area contributed by atoms with Gasteiger partial charge in [-0.2, -0.15) is 0 Å². The van der Waals surface area contributed by atoms with Crippen LogP contribution in [-0.4, -0.2) is 23.8 Å². The zero-order valence-corrected chi connectivity index (χ0v) is 16.5. The first-order chi connectivity index (χ1) is 11.7. The normalized spacial score (nSPS) is 13.7. The number of unbranched alkanes of at least 4 members (excludes halogenated alkanes) is 8. The van der Waals surface area contributed by atoms with Crippen molar-refractivity contribution in [3.63, 3.8) is 0 Å². The Labute approximate surface area is 150 Å². The first-order valence-electron chi connectivity index (χ1n) is 10.5. The maximum Gasteiger partial charge on any atom is 0.305 e. The van der Waals surface area contributed by atoms with Gasteiger partial charge < -0.3 is 9.84 Å². The van der Waals surface area contributed by atoms with E-state index in [2.05, 4.69) is 20.8 Å². The maximum absolute atomic E-state index is 11.9. The molecule has 0 aromatic heterocycles. The second-order valence-electron chi connectivity index (χ2n) is 7.17. The second-order valence-corrected chi connectivity index (χ2v) is 7.17. The van der Waals surface area contributed by atoms with E-state index in [9.17, 15) is 9.90 Å². The fourth-order valence-electron chi connectivity index (χ4n) is 3.03. The fraction of sp³-hybridized carbons (Fsp3) is 0.952. The average Bonchev–Trinajstić information content (AvgIpc) is 2.58. The summed E-state index contributed by atoms with van der Waals surface area (Å²) in [4.78, 5) is 11.9. The minimum Gasteiger partial charge on any atom is -0.465 e. The largest absolute Gasteiger partial charge is 0.465 e. The Kier molecular flexibility index (Phi) is 16.8. The van der Waals surface area contributed by atoms with Crippen molar-refractivity contribution < 1.29 is 14.6 Å². The highest BCUT2D eigenvalue weighted by Gasteiger charge is 2.20. The highest BCUT2D eigenvalue weighted by Crippen LogP contribution is 2.20. The van der Waals surface area contributed by atoms with Crippen molar-refractivity contribution in [1.29, 1.82) is 0 Å². The monoisotopic (exact) mass is 342 g/mol. The van der Waals surface area contributed by atoms with Crippen LogP contribution >= 0.6 is 0 Å². The van der Waals surface area contributed by atoms with Crippen LogP contribution in [0.15, 0.2) is 0 Å². The summed E-state index contributed by atoms with van der Waals surface area (Å²) >= 11 is 0. The van der Waals surface area contributed by atoms with Crippen molar-refractivity contribution in [2.75, 3.05) is 6.61 Å². The highest BCUT2D eigenvalue weighted by molar-refractivity contribution is 5.69. The molecule has 0 spiro atoms. The van der Waals surface area contributed by atoms with E-state index in [1.54, 1.807) is 0 Å². The SMILES string of the molecule is CCCCCCC(=O)OC[C@H](CCCCC)[C@H](O)CCCCCC. The Morgan fingerprint density at radius 3 is 1.96 bits per heavy atom. The third-order valence-corrected chi connectivity index (χ3v) is 4.77. The zero-order valence-electron chi connectivity index (χ0n) is 16.5. The molecule has 0 aliphatic carbocycles. The topological polar surface area (TPSA) is 46.5 Å². The van der Waals surface area contributed by atoms with Gasteiger partial charge in [-0.25, -0.2) is 0 Å². The van der Waals surface area contributed by atoms with E-state index in [0.717, 1.165) is 38.5 Å². The van der Waals surface area contributed by atoms with Gasteiger partial charge in [-0.15, -0.1) is 0 Å². The summed E-state index contributed by atoms with van der Waals surface area (Å²) in [6.45, 7) is 6.95. The molecule has 0 heterocycles. The standard InChI is InChI=1S/C21H42O3/c1-4-7-10-13-16-20(22)19(15-12-9-6-3)18-24-21(23)17-14-11-8-5-2/h19-20,22H,4-18H2,1-3H3/t19-,20+/m0/s1. The Balaban J connectivity index is 4.10. The van der Waals surface area contributed by atoms with Crippen molar-refractivity contribution in [1.82, 2.24) is 0 Å². The molecule has 0 rings (SSSR count). The molecule has 0 aliphatic heterocycles. The lowest BCUT2D eigenvalue weighted by Crippen LogP contribution is -2.26. The Hall–Kier alpha value is -0.570. The van der Waals surface area contributed by atoms with Gasteiger partial charge in [0.1, 0.15) is 0 Å². The molecule has 0 saturated carbocycles. The van der Waals surface area contributed by atoms with Gasteiger partial charge >= 0.3 is 5.97 Å². The molecular formula is C21H42O3. The molecule has 1 N–H and O–H groups in total. The molecule has 0 aromatic carbocycles. The lowest BCUT2D eigenvalue weighted by molar-refractivity contribution is -0.146. The van der Waals surface area contributed by atoms with Gasteiger partial charge in [0, 0.05) is 12.3 Å². The molecule has 0 fully saturated rings. The molecule has 0 saturated heterocycles. The number of ether oxygens (including phenoxy) is 1. The van der Waals surface area contributed by atoms with Crippen molar-refractivity contribution >= 4 is 5.97 Å². The molecule has 0 amide bonds. The molecule has 3 nitrogen and oxygen atoms in total. The molecular weight excluding hydrogens is 300 g/mol.